The van der Waals surface area contributed by atoms with E-state index in [2.05, 4.69) is 31.1 Å². The summed E-state index contributed by atoms with van der Waals surface area (Å²) in [5.41, 5.74) is 0. The average molecular weight is 242 g/mol. The van der Waals surface area contributed by atoms with Gasteiger partial charge in [0, 0.05) is 24.7 Å². The van der Waals surface area contributed by atoms with Crippen LogP contribution >= 0.6 is 11.3 Å². The van der Waals surface area contributed by atoms with Crippen LogP contribution in [0.5, 0.6) is 0 Å². The molecule has 0 fully saturated rings. The number of rotatable bonds is 7. The number of ether oxygens (including phenoxy) is 1. The molecule has 16 heavy (non-hydrogen) atoms. The molecule has 0 amide bonds. The van der Waals surface area contributed by atoms with Gasteiger partial charge in [0.05, 0.1) is 0 Å². The lowest BCUT2D eigenvalue weighted by molar-refractivity contribution is 0.0998. The number of nitrogens with zero attached hydrogens (tertiary/aromatic N) is 1. The molecule has 1 heterocycles. The lowest BCUT2D eigenvalue weighted by atomic mass is 10.2. The summed E-state index contributed by atoms with van der Waals surface area (Å²) < 4.78 is 5.37. The van der Waals surface area contributed by atoms with E-state index in [1.54, 1.807) is 18.4 Å². The van der Waals surface area contributed by atoms with E-state index in [1.165, 1.54) is 4.88 Å². The second-order valence-corrected chi connectivity index (χ2v) is 5.47. The quantitative estimate of drug-likeness (QED) is 0.798. The average Bonchev–Trinajstić information content (AvgIpc) is 2.68. The third-order valence-corrected chi connectivity index (χ3v) is 3.44. The first kappa shape index (κ1) is 13.6. The van der Waals surface area contributed by atoms with Crippen molar-refractivity contribution in [3.63, 3.8) is 0 Å². The van der Waals surface area contributed by atoms with Crippen molar-refractivity contribution in [3.05, 3.63) is 16.1 Å². The maximum absolute atomic E-state index is 5.37. The smallest absolute Gasteiger partial charge is 0.122 e. The summed E-state index contributed by atoms with van der Waals surface area (Å²) in [5, 5.41) is 4.51. The van der Waals surface area contributed by atoms with Crippen LogP contribution in [0.3, 0.4) is 0 Å². The van der Waals surface area contributed by atoms with Crippen molar-refractivity contribution in [1.82, 2.24) is 10.3 Å². The summed E-state index contributed by atoms with van der Waals surface area (Å²) in [6, 6.07) is 0. The number of aromatic nitrogens is 1. The molecule has 0 spiro atoms. The topological polar surface area (TPSA) is 34.1 Å². The van der Waals surface area contributed by atoms with Gasteiger partial charge in [-0.3, -0.25) is 0 Å². The molecule has 1 aromatic heterocycles. The molecule has 92 valence electrons. The summed E-state index contributed by atoms with van der Waals surface area (Å²) in [7, 11) is 1.74. The molecule has 0 radical (unpaired) electrons. The highest BCUT2D eigenvalue weighted by Gasteiger charge is 2.12. The monoisotopic (exact) mass is 242 g/mol. The second-order valence-electron chi connectivity index (χ2n) is 4.32. The highest BCUT2D eigenvalue weighted by atomic mass is 32.1. The third kappa shape index (κ3) is 4.20. The summed E-state index contributed by atoms with van der Waals surface area (Å²) in [6.45, 7) is 8.50. The van der Waals surface area contributed by atoms with Crippen molar-refractivity contribution < 1.29 is 4.74 Å². The maximum Gasteiger partial charge on any atom is 0.122 e. The second kappa shape index (κ2) is 6.99. The van der Waals surface area contributed by atoms with E-state index in [4.69, 9.17) is 4.74 Å². The third-order valence-electron chi connectivity index (χ3n) is 2.35. The zero-order chi connectivity index (χ0) is 12.0. The molecule has 1 atom stereocenters. The number of thiazole rings is 1. The van der Waals surface area contributed by atoms with Gasteiger partial charge in [0.1, 0.15) is 11.1 Å². The largest absolute Gasteiger partial charge is 0.374 e. The van der Waals surface area contributed by atoms with E-state index in [0.29, 0.717) is 5.92 Å². The molecule has 0 aromatic carbocycles. The molecule has 1 N–H and O–H groups in total. The zero-order valence-electron chi connectivity index (χ0n) is 10.6. The van der Waals surface area contributed by atoms with Crippen molar-refractivity contribution in [2.75, 3.05) is 13.7 Å². The summed E-state index contributed by atoms with van der Waals surface area (Å²) in [4.78, 5) is 5.69. The molecule has 0 bridgehead atoms. The highest BCUT2D eigenvalue weighted by Crippen LogP contribution is 2.24. The molecule has 1 aromatic rings. The van der Waals surface area contributed by atoms with E-state index in [-0.39, 0.29) is 6.10 Å². The Morgan fingerprint density at radius 1 is 1.50 bits per heavy atom. The first-order chi connectivity index (χ1) is 7.67. The molecule has 3 nitrogen and oxygen atoms in total. The van der Waals surface area contributed by atoms with Gasteiger partial charge in [-0.1, -0.05) is 20.8 Å². The Balaban J connectivity index is 2.44. The van der Waals surface area contributed by atoms with Gasteiger partial charge in [-0.2, -0.15) is 0 Å². The molecule has 0 saturated heterocycles. The van der Waals surface area contributed by atoms with Crippen LogP contribution in [0.2, 0.25) is 0 Å². The van der Waals surface area contributed by atoms with Crippen molar-refractivity contribution in [2.45, 2.75) is 39.8 Å². The Hall–Kier alpha value is -0.450. The van der Waals surface area contributed by atoms with Crippen LogP contribution in [0.25, 0.3) is 0 Å². The maximum atomic E-state index is 5.37. The lowest BCUT2D eigenvalue weighted by Gasteiger charge is -2.08. The lowest BCUT2D eigenvalue weighted by Crippen LogP contribution is -2.18. The number of nitrogens with one attached hydrogen (secondary N) is 1. The molecular weight excluding hydrogens is 220 g/mol. The fraction of sp³-hybridized carbons (Fsp3) is 0.750. The first-order valence-electron chi connectivity index (χ1n) is 5.85. The summed E-state index contributed by atoms with van der Waals surface area (Å²) in [5.74, 6) is 0.690. The van der Waals surface area contributed by atoms with Crippen molar-refractivity contribution in [2.24, 2.45) is 5.92 Å². The van der Waals surface area contributed by atoms with Crippen molar-refractivity contribution in [3.8, 4) is 0 Å². The fourth-order valence-corrected chi connectivity index (χ4v) is 2.53. The highest BCUT2D eigenvalue weighted by molar-refractivity contribution is 7.11. The zero-order valence-corrected chi connectivity index (χ0v) is 11.4. The molecule has 0 saturated carbocycles. The predicted octanol–water partition coefficient (Wildman–Crippen LogP) is 2.99. The van der Waals surface area contributed by atoms with E-state index in [0.717, 1.165) is 24.5 Å². The van der Waals surface area contributed by atoms with Gasteiger partial charge in [-0.25, -0.2) is 4.98 Å². The molecular formula is C12H22N2OS. The Labute approximate surface area is 102 Å². The molecule has 0 aliphatic carbocycles. The van der Waals surface area contributed by atoms with Crippen LogP contribution in [-0.2, 0) is 11.3 Å². The van der Waals surface area contributed by atoms with E-state index in [1.807, 2.05) is 6.20 Å². The fourth-order valence-electron chi connectivity index (χ4n) is 1.48. The van der Waals surface area contributed by atoms with Crippen LogP contribution in [0.15, 0.2) is 6.20 Å². The van der Waals surface area contributed by atoms with Gasteiger partial charge in [0.2, 0.25) is 0 Å². The minimum absolute atomic E-state index is 0.156. The standard InChI is InChI=1S/C12H22N2OS/c1-5-11(15-4)12-14-8-10(16-12)7-13-6-9(2)3/h8-9,11,13H,5-7H2,1-4H3. The van der Waals surface area contributed by atoms with E-state index >= 15 is 0 Å². The van der Waals surface area contributed by atoms with Gasteiger partial charge in [-0.05, 0) is 18.9 Å². The van der Waals surface area contributed by atoms with Crippen LogP contribution in [0.4, 0.5) is 0 Å². The van der Waals surface area contributed by atoms with Gasteiger partial charge >= 0.3 is 0 Å². The molecule has 0 aliphatic rings. The normalized spacial score (nSPS) is 13.3. The molecule has 1 rings (SSSR count). The van der Waals surface area contributed by atoms with Crippen LogP contribution in [-0.4, -0.2) is 18.6 Å². The first-order valence-corrected chi connectivity index (χ1v) is 6.67. The van der Waals surface area contributed by atoms with Crippen molar-refractivity contribution in [1.29, 1.82) is 0 Å². The molecule has 0 aliphatic heterocycles. The Morgan fingerprint density at radius 3 is 2.81 bits per heavy atom. The van der Waals surface area contributed by atoms with Gasteiger partial charge in [0.25, 0.3) is 0 Å². The van der Waals surface area contributed by atoms with Crippen LogP contribution < -0.4 is 5.32 Å². The van der Waals surface area contributed by atoms with E-state index < -0.39 is 0 Å². The SMILES string of the molecule is CCC(OC)c1ncc(CNCC(C)C)s1. The Bertz CT molecular complexity index is 295. The van der Waals surface area contributed by atoms with Gasteiger partial charge in [-0.15, -0.1) is 11.3 Å². The minimum Gasteiger partial charge on any atom is -0.374 e. The number of hydrogen-bond acceptors (Lipinski definition) is 4. The summed E-state index contributed by atoms with van der Waals surface area (Å²) in [6.07, 6.45) is 3.08. The van der Waals surface area contributed by atoms with Gasteiger partial charge in [0.15, 0.2) is 0 Å². The molecule has 4 heteroatoms. The van der Waals surface area contributed by atoms with Gasteiger partial charge < -0.3 is 10.1 Å². The van der Waals surface area contributed by atoms with E-state index in [9.17, 15) is 0 Å². The summed E-state index contributed by atoms with van der Waals surface area (Å²) >= 11 is 1.74. The van der Waals surface area contributed by atoms with Crippen LogP contribution in [0.1, 0.15) is 43.2 Å². The molecule has 1 unspecified atom stereocenters. The number of hydrogen-bond donors (Lipinski definition) is 1. The predicted molar refractivity (Wildman–Crippen MR) is 68.7 cm³/mol. The van der Waals surface area contributed by atoms with Crippen LogP contribution in [0, 0.1) is 5.92 Å². The van der Waals surface area contributed by atoms with Crippen molar-refractivity contribution >= 4 is 11.3 Å². The Morgan fingerprint density at radius 2 is 2.25 bits per heavy atom. The Kier molecular flexibility index (Phi) is 5.95. The number of methoxy groups -OCH3 is 1. The minimum atomic E-state index is 0.156.